The molecule has 210 valence electrons. The van der Waals surface area contributed by atoms with Crippen LogP contribution in [0, 0.1) is 11.8 Å². The van der Waals surface area contributed by atoms with Gasteiger partial charge in [0.25, 0.3) is 0 Å². The number of allylic oxidation sites excluding steroid dienone is 2. The highest BCUT2D eigenvalue weighted by Gasteiger charge is 2.43. The maximum Gasteiger partial charge on any atom is 0.338 e. The molecule has 6 heteroatoms. The molecule has 0 heterocycles. The number of ether oxygens (including phenoxy) is 2. The number of aliphatic hydroxyl groups excluding tert-OH is 1. The second-order valence-electron chi connectivity index (χ2n) is 10.1. The van der Waals surface area contributed by atoms with Gasteiger partial charge in [-0.25, -0.2) is 4.79 Å². The molecule has 1 aliphatic rings. The molecule has 0 spiro atoms. The first-order chi connectivity index (χ1) is 19.0. The highest BCUT2D eigenvalue weighted by atomic mass is 16.5. The highest BCUT2D eigenvalue weighted by Crippen LogP contribution is 2.40. The summed E-state index contributed by atoms with van der Waals surface area (Å²) in [5, 5.41) is 13.5. The van der Waals surface area contributed by atoms with E-state index in [-0.39, 0.29) is 35.9 Å². The lowest BCUT2D eigenvalue weighted by molar-refractivity contribution is -0.121. The van der Waals surface area contributed by atoms with Crippen molar-refractivity contribution in [3.05, 3.63) is 96.1 Å². The van der Waals surface area contributed by atoms with Crippen LogP contribution in [0.2, 0.25) is 0 Å². The van der Waals surface area contributed by atoms with E-state index in [0.29, 0.717) is 31.4 Å². The number of nitrogens with one attached hydrogen (secondary N) is 1. The first-order valence-corrected chi connectivity index (χ1v) is 14.1. The molecule has 0 radical (unpaired) electrons. The fraction of sp³-hybridized carbons (Fsp3) is 0.455. The fourth-order valence-corrected chi connectivity index (χ4v) is 5.19. The molecule has 0 bridgehead atoms. The monoisotopic (exact) mass is 533 g/mol. The van der Waals surface area contributed by atoms with Crippen LogP contribution in [0.4, 0.5) is 0 Å². The maximum atomic E-state index is 12.9. The fourth-order valence-electron chi connectivity index (χ4n) is 5.19. The second-order valence-corrected chi connectivity index (χ2v) is 10.1. The van der Waals surface area contributed by atoms with E-state index >= 15 is 0 Å². The summed E-state index contributed by atoms with van der Waals surface area (Å²) in [5.74, 6) is -0.255. The molecule has 0 aromatic heterocycles. The topological polar surface area (TPSA) is 84.9 Å². The lowest BCUT2D eigenvalue weighted by Crippen LogP contribution is -2.25. The first-order valence-electron chi connectivity index (χ1n) is 14.1. The zero-order valence-electron chi connectivity index (χ0n) is 23.2. The van der Waals surface area contributed by atoms with Crippen molar-refractivity contribution in [3.8, 4) is 0 Å². The quantitative estimate of drug-likeness (QED) is 0.175. The molecule has 1 aliphatic carbocycles. The number of amides is 1. The zero-order valence-corrected chi connectivity index (χ0v) is 23.2. The van der Waals surface area contributed by atoms with Gasteiger partial charge >= 0.3 is 5.97 Å². The molecule has 1 amide bonds. The Bertz CT molecular complexity index is 1050. The minimum atomic E-state index is -0.595. The van der Waals surface area contributed by atoms with Crippen LogP contribution in [0.1, 0.15) is 61.4 Å². The van der Waals surface area contributed by atoms with Gasteiger partial charge in [-0.3, -0.25) is 4.79 Å². The number of hydrogen-bond donors (Lipinski definition) is 2. The van der Waals surface area contributed by atoms with E-state index in [2.05, 4.69) is 29.6 Å². The molecule has 5 atom stereocenters. The summed E-state index contributed by atoms with van der Waals surface area (Å²) >= 11 is 0. The smallest absolute Gasteiger partial charge is 0.338 e. The van der Waals surface area contributed by atoms with Crippen LogP contribution in [0.3, 0.4) is 0 Å². The van der Waals surface area contributed by atoms with E-state index in [1.807, 2.05) is 55.5 Å². The lowest BCUT2D eigenvalue weighted by atomic mass is 9.89. The van der Waals surface area contributed by atoms with Crippen LogP contribution < -0.4 is 5.32 Å². The SMILES string of the molecule is CCNC(=O)CCCC=CCC1C(OC)CC(OC(=O)c2ccccc2)C1C=CC(O)CCc1ccccc1. The van der Waals surface area contributed by atoms with Gasteiger partial charge in [-0.05, 0) is 62.6 Å². The van der Waals surface area contributed by atoms with Gasteiger partial charge in [0.1, 0.15) is 6.10 Å². The van der Waals surface area contributed by atoms with Crippen molar-refractivity contribution in [1.82, 2.24) is 5.32 Å². The van der Waals surface area contributed by atoms with Gasteiger partial charge in [-0.15, -0.1) is 0 Å². The Labute approximate surface area is 233 Å². The summed E-state index contributed by atoms with van der Waals surface area (Å²) in [4.78, 5) is 24.6. The van der Waals surface area contributed by atoms with Crippen LogP contribution in [0.25, 0.3) is 0 Å². The molecule has 0 aliphatic heterocycles. The Hall–Kier alpha value is -3.22. The first kappa shape index (κ1) is 30.3. The second kappa shape index (κ2) is 16.7. The van der Waals surface area contributed by atoms with Crippen LogP contribution in [0.15, 0.2) is 85.0 Å². The number of hydrogen-bond acceptors (Lipinski definition) is 5. The minimum absolute atomic E-state index is 0.0744. The standard InChI is InChI=1S/C33H43NO5/c1-3-34-32(36)19-13-5-4-12-18-28-29(23-22-27(35)21-20-25-14-8-6-9-15-25)31(24-30(28)38-2)39-33(37)26-16-10-7-11-17-26/h4,6-12,14-17,22-23,27-31,35H,3,5,13,18-21,24H2,1-2H3,(H,34,36). The number of rotatable bonds is 15. The Kier molecular flexibility index (Phi) is 13.0. The van der Waals surface area contributed by atoms with Gasteiger partial charge in [0, 0.05) is 32.4 Å². The Morgan fingerprint density at radius 3 is 2.46 bits per heavy atom. The third-order valence-corrected chi connectivity index (χ3v) is 7.29. The Morgan fingerprint density at radius 1 is 1.05 bits per heavy atom. The Morgan fingerprint density at radius 2 is 1.77 bits per heavy atom. The summed E-state index contributed by atoms with van der Waals surface area (Å²) in [6.45, 7) is 2.57. The molecule has 1 saturated carbocycles. The molecule has 2 N–H and O–H groups in total. The predicted octanol–water partition coefficient (Wildman–Crippen LogP) is 5.67. The maximum absolute atomic E-state index is 12.9. The average Bonchev–Trinajstić information content (AvgIpc) is 3.29. The average molecular weight is 534 g/mol. The van der Waals surface area contributed by atoms with E-state index < -0.39 is 6.10 Å². The molecule has 2 aromatic carbocycles. The van der Waals surface area contributed by atoms with Crippen molar-refractivity contribution in [2.24, 2.45) is 11.8 Å². The molecule has 39 heavy (non-hydrogen) atoms. The third kappa shape index (κ3) is 10.1. The molecular formula is C33H43NO5. The van der Waals surface area contributed by atoms with E-state index in [1.54, 1.807) is 19.2 Å². The molecule has 2 aromatic rings. The molecular weight excluding hydrogens is 490 g/mol. The Balaban J connectivity index is 1.66. The van der Waals surface area contributed by atoms with E-state index in [9.17, 15) is 14.7 Å². The van der Waals surface area contributed by atoms with Crippen molar-refractivity contribution in [3.63, 3.8) is 0 Å². The predicted molar refractivity (Wildman–Crippen MR) is 154 cm³/mol. The summed E-state index contributed by atoms with van der Waals surface area (Å²) in [7, 11) is 1.70. The largest absolute Gasteiger partial charge is 0.458 e. The molecule has 5 unspecified atom stereocenters. The van der Waals surface area contributed by atoms with Gasteiger partial charge in [0.05, 0.1) is 17.8 Å². The van der Waals surface area contributed by atoms with Gasteiger partial charge in [0.2, 0.25) is 5.91 Å². The van der Waals surface area contributed by atoms with Crippen LogP contribution in [-0.4, -0.2) is 48.9 Å². The normalized spacial score (nSPS) is 21.8. The summed E-state index contributed by atoms with van der Waals surface area (Å²) in [6.07, 6.45) is 12.0. The minimum Gasteiger partial charge on any atom is -0.458 e. The van der Waals surface area contributed by atoms with Crippen molar-refractivity contribution in [2.75, 3.05) is 13.7 Å². The summed E-state index contributed by atoms with van der Waals surface area (Å²) in [6, 6.07) is 19.1. The number of aliphatic hydroxyl groups is 1. The molecule has 0 saturated heterocycles. The van der Waals surface area contributed by atoms with Gasteiger partial charge in [0.15, 0.2) is 0 Å². The lowest BCUT2D eigenvalue weighted by Gasteiger charge is -2.23. The summed E-state index contributed by atoms with van der Waals surface area (Å²) < 4.78 is 11.9. The van der Waals surface area contributed by atoms with Crippen molar-refractivity contribution in [1.29, 1.82) is 0 Å². The third-order valence-electron chi connectivity index (χ3n) is 7.29. The van der Waals surface area contributed by atoms with Gasteiger partial charge < -0.3 is 19.9 Å². The molecule has 3 rings (SSSR count). The van der Waals surface area contributed by atoms with Gasteiger partial charge in [-0.2, -0.15) is 0 Å². The highest BCUT2D eigenvalue weighted by molar-refractivity contribution is 5.89. The molecule has 6 nitrogen and oxygen atoms in total. The van der Waals surface area contributed by atoms with Crippen molar-refractivity contribution in [2.45, 2.75) is 70.2 Å². The van der Waals surface area contributed by atoms with Gasteiger partial charge in [-0.1, -0.05) is 72.8 Å². The number of unbranched alkanes of at least 4 members (excludes halogenated alkanes) is 1. The number of aryl methyl sites for hydroxylation is 1. The van der Waals surface area contributed by atoms with E-state index in [4.69, 9.17) is 9.47 Å². The van der Waals surface area contributed by atoms with Crippen LogP contribution >= 0.6 is 0 Å². The van der Waals surface area contributed by atoms with Crippen LogP contribution in [0.5, 0.6) is 0 Å². The number of esters is 1. The number of methoxy groups -OCH3 is 1. The zero-order chi connectivity index (χ0) is 27.9. The van der Waals surface area contributed by atoms with E-state index in [0.717, 1.165) is 25.7 Å². The van der Waals surface area contributed by atoms with Crippen LogP contribution in [-0.2, 0) is 20.7 Å². The number of carbonyl (C=O) groups excluding carboxylic acids is 2. The van der Waals surface area contributed by atoms with Crippen molar-refractivity contribution < 1.29 is 24.2 Å². The van der Waals surface area contributed by atoms with Crippen molar-refractivity contribution >= 4 is 11.9 Å². The summed E-state index contributed by atoms with van der Waals surface area (Å²) in [5.41, 5.74) is 1.71. The van der Waals surface area contributed by atoms with E-state index in [1.165, 1.54) is 5.56 Å². The number of carbonyl (C=O) groups is 2. The number of benzene rings is 2. The molecule has 1 fully saturated rings.